The van der Waals surface area contributed by atoms with E-state index in [-0.39, 0.29) is 15.5 Å². The van der Waals surface area contributed by atoms with E-state index in [1.54, 1.807) is 0 Å². The number of nitrogens with zero attached hydrogens (tertiary/aromatic N) is 3. The number of halogens is 4. The number of benzene rings is 1. The zero-order valence-electron chi connectivity index (χ0n) is 11.6. The van der Waals surface area contributed by atoms with Gasteiger partial charge in [-0.15, -0.1) is 10.2 Å². The van der Waals surface area contributed by atoms with Gasteiger partial charge in [0, 0.05) is 0 Å². The topological polar surface area (TPSA) is 85.8 Å². The Bertz CT molecular complexity index is 718. The van der Waals surface area contributed by atoms with Crippen molar-refractivity contribution in [1.29, 1.82) is 0 Å². The lowest BCUT2D eigenvalue weighted by molar-refractivity contribution is -0.146. The standard InChI is InChI=1S/C12H11F4N5OS/c1-6(9(22)18-8-5-3-2-4-7(8)13)23-11-20-19-10(21(11)17)12(14,15)16/h2-6H,17H2,1H3,(H,18,22)/t6-/m1/s1. The van der Waals surface area contributed by atoms with Crippen molar-refractivity contribution >= 4 is 23.4 Å². The molecule has 1 aromatic carbocycles. The first-order valence-corrected chi connectivity index (χ1v) is 7.08. The summed E-state index contributed by atoms with van der Waals surface area (Å²) in [6, 6.07) is 5.51. The van der Waals surface area contributed by atoms with Gasteiger partial charge in [-0.1, -0.05) is 23.9 Å². The summed E-state index contributed by atoms with van der Waals surface area (Å²) >= 11 is 0.670. The SMILES string of the molecule is C[C@@H](Sc1nnc(C(F)(F)F)n1N)C(=O)Nc1ccccc1F. The number of anilines is 1. The lowest BCUT2D eigenvalue weighted by Crippen LogP contribution is -2.25. The quantitative estimate of drug-likeness (QED) is 0.502. The molecule has 0 aliphatic carbocycles. The van der Waals surface area contributed by atoms with Crippen LogP contribution in [0.1, 0.15) is 12.7 Å². The third kappa shape index (κ3) is 3.92. The molecule has 0 aliphatic heterocycles. The van der Waals surface area contributed by atoms with Gasteiger partial charge in [-0.25, -0.2) is 9.07 Å². The van der Waals surface area contributed by atoms with E-state index >= 15 is 0 Å². The van der Waals surface area contributed by atoms with Crippen LogP contribution in [0, 0.1) is 5.82 Å². The predicted octanol–water partition coefficient (Wildman–Crippen LogP) is 2.27. The Kier molecular flexibility index (Phi) is 4.78. The Morgan fingerprint density at radius 3 is 2.57 bits per heavy atom. The van der Waals surface area contributed by atoms with Gasteiger partial charge >= 0.3 is 6.18 Å². The molecule has 1 aromatic heterocycles. The summed E-state index contributed by atoms with van der Waals surface area (Å²) in [6.07, 6.45) is -4.75. The number of nitrogen functional groups attached to an aromatic ring is 1. The first-order chi connectivity index (χ1) is 10.7. The van der Waals surface area contributed by atoms with Gasteiger partial charge < -0.3 is 11.2 Å². The molecule has 2 rings (SSSR count). The van der Waals surface area contributed by atoms with Crippen LogP contribution in [0.4, 0.5) is 23.2 Å². The fourth-order valence-electron chi connectivity index (χ4n) is 1.56. The molecule has 0 spiro atoms. The zero-order chi connectivity index (χ0) is 17.2. The second-order valence-corrected chi connectivity index (χ2v) is 5.71. The number of nitrogens with two attached hydrogens (primary N) is 1. The largest absolute Gasteiger partial charge is 0.453 e. The highest BCUT2D eigenvalue weighted by Crippen LogP contribution is 2.30. The van der Waals surface area contributed by atoms with Crippen LogP contribution in [0.15, 0.2) is 29.4 Å². The number of hydrogen-bond donors (Lipinski definition) is 2. The molecule has 1 heterocycles. The number of rotatable bonds is 4. The number of nitrogens with one attached hydrogen (secondary N) is 1. The second-order valence-electron chi connectivity index (χ2n) is 4.40. The number of alkyl halides is 3. The minimum absolute atomic E-state index is 0.0323. The van der Waals surface area contributed by atoms with Crippen LogP contribution in [-0.4, -0.2) is 26.0 Å². The summed E-state index contributed by atoms with van der Waals surface area (Å²) in [4.78, 5) is 12.0. The average Bonchev–Trinajstić information content (AvgIpc) is 2.82. The molecular weight excluding hydrogens is 338 g/mol. The molecule has 11 heteroatoms. The lowest BCUT2D eigenvalue weighted by atomic mass is 10.3. The van der Waals surface area contributed by atoms with Crippen molar-refractivity contribution in [3.05, 3.63) is 35.9 Å². The molecule has 0 radical (unpaired) electrons. The smallest absolute Gasteiger partial charge is 0.335 e. The molecule has 0 bridgehead atoms. The molecule has 0 unspecified atom stereocenters. The van der Waals surface area contributed by atoms with Crippen molar-refractivity contribution in [2.24, 2.45) is 0 Å². The van der Waals surface area contributed by atoms with Crippen molar-refractivity contribution in [2.75, 3.05) is 11.2 Å². The van der Waals surface area contributed by atoms with Gasteiger partial charge in [0.1, 0.15) is 5.82 Å². The molecule has 23 heavy (non-hydrogen) atoms. The first kappa shape index (κ1) is 17.1. The monoisotopic (exact) mass is 349 g/mol. The van der Waals surface area contributed by atoms with Crippen LogP contribution in [0.2, 0.25) is 0 Å². The number of thioether (sulfide) groups is 1. The molecule has 124 valence electrons. The van der Waals surface area contributed by atoms with Gasteiger partial charge in [-0.05, 0) is 19.1 Å². The van der Waals surface area contributed by atoms with Crippen LogP contribution in [-0.2, 0) is 11.0 Å². The minimum Gasteiger partial charge on any atom is -0.335 e. The molecule has 1 atom stereocenters. The molecule has 0 saturated heterocycles. The van der Waals surface area contributed by atoms with E-state index in [0.29, 0.717) is 11.8 Å². The Labute approximate surface area is 132 Å². The van der Waals surface area contributed by atoms with Crippen LogP contribution in [0.5, 0.6) is 0 Å². The first-order valence-electron chi connectivity index (χ1n) is 6.20. The normalized spacial score (nSPS) is 12.9. The van der Waals surface area contributed by atoms with Crippen molar-refractivity contribution in [3.63, 3.8) is 0 Å². The van der Waals surface area contributed by atoms with Crippen LogP contribution < -0.4 is 11.2 Å². The molecule has 0 aliphatic rings. The van der Waals surface area contributed by atoms with Crippen molar-refractivity contribution in [2.45, 2.75) is 23.5 Å². The third-order valence-corrected chi connectivity index (χ3v) is 3.76. The van der Waals surface area contributed by atoms with Gasteiger partial charge in [-0.3, -0.25) is 4.79 Å². The summed E-state index contributed by atoms with van der Waals surface area (Å²) in [5.41, 5.74) is -0.0323. The molecule has 0 fully saturated rings. The number of hydrogen-bond acceptors (Lipinski definition) is 5. The van der Waals surface area contributed by atoms with Gasteiger partial charge in [-0.2, -0.15) is 13.2 Å². The average molecular weight is 349 g/mol. The highest BCUT2D eigenvalue weighted by Gasteiger charge is 2.38. The summed E-state index contributed by atoms with van der Waals surface area (Å²) in [7, 11) is 0. The van der Waals surface area contributed by atoms with E-state index in [1.165, 1.54) is 31.2 Å². The Hall–Kier alpha value is -2.30. The number of carbonyl (C=O) groups excluding carboxylic acids is 1. The molecule has 2 aromatic rings. The second kappa shape index (κ2) is 6.44. The van der Waals surface area contributed by atoms with Gasteiger partial charge in [0.05, 0.1) is 10.9 Å². The Balaban J connectivity index is 2.07. The van der Waals surface area contributed by atoms with Gasteiger partial charge in [0.15, 0.2) is 0 Å². The Morgan fingerprint density at radius 1 is 1.35 bits per heavy atom. The fourth-order valence-corrected chi connectivity index (χ4v) is 2.33. The van der Waals surface area contributed by atoms with E-state index in [2.05, 4.69) is 15.5 Å². The number of amides is 1. The van der Waals surface area contributed by atoms with E-state index in [1.807, 2.05) is 0 Å². The predicted molar refractivity (Wildman–Crippen MR) is 75.5 cm³/mol. The van der Waals surface area contributed by atoms with E-state index in [4.69, 9.17) is 5.84 Å². The summed E-state index contributed by atoms with van der Waals surface area (Å²) in [6.45, 7) is 1.42. The summed E-state index contributed by atoms with van der Waals surface area (Å²) in [5, 5.41) is 7.43. The summed E-state index contributed by atoms with van der Waals surface area (Å²) < 4.78 is 51.4. The third-order valence-electron chi connectivity index (χ3n) is 2.70. The highest BCUT2D eigenvalue weighted by atomic mass is 32.2. The van der Waals surface area contributed by atoms with Crippen molar-refractivity contribution < 1.29 is 22.4 Å². The molecule has 0 saturated carbocycles. The summed E-state index contributed by atoms with van der Waals surface area (Å²) in [5.74, 6) is 2.66. The van der Waals surface area contributed by atoms with Crippen LogP contribution >= 0.6 is 11.8 Å². The van der Waals surface area contributed by atoms with E-state index in [9.17, 15) is 22.4 Å². The maximum Gasteiger partial charge on any atom is 0.453 e. The maximum absolute atomic E-state index is 13.4. The fraction of sp³-hybridized carbons (Fsp3) is 0.250. The molecule has 3 N–H and O–H groups in total. The number of carbonyl (C=O) groups is 1. The molecular formula is C12H11F4N5OS. The van der Waals surface area contributed by atoms with E-state index < -0.39 is 29.0 Å². The van der Waals surface area contributed by atoms with Gasteiger partial charge in [0.2, 0.25) is 11.1 Å². The minimum atomic E-state index is -4.75. The van der Waals surface area contributed by atoms with Gasteiger partial charge in [0.25, 0.3) is 5.82 Å². The highest BCUT2D eigenvalue weighted by molar-refractivity contribution is 8.00. The lowest BCUT2D eigenvalue weighted by Gasteiger charge is -2.12. The van der Waals surface area contributed by atoms with Crippen LogP contribution in [0.25, 0.3) is 0 Å². The molecule has 6 nitrogen and oxygen atoms in total. The van der Waals surface area contributed by atoms with Crippen molar-refractivity contribution in [3.8, 4) is 0 Å². The number of aromatic nitrogens is 3. The maximum atomic E-state index is 13.4. The van der Waals surface area contributed by atoms with Crippen molar-refractivity contribution in [1.82, 2.24) is 14.9 Å². The zero-order valence-corrected chi connectivity index (χ0v) is 12.5. The Morgan fingerprint density at radius 2 is 2.00 bits per heavy atom. The molecule has 1 amide bonds. The van der Waals surface area contributed by atoms with E-state index in [0.717, 1.165) is 0 Å². The number of para-hydroxylation sites is 1. The van der Waals surface area contributed by atoms with Crippen LogP contribution in [0.3, 0.4) is 0 Å².